The van der Waals surface area contributed by atoms with Crippen molar-refractivity contribution in [1.82, 2.24) is 10.6 Å². The molecule has 0 saturated carbocycles. The first-order valence-electron chi connectivity index (χ1n) is 6.20. The number of piperidine rings is 1. The molecule has 2 nitrogen and oxygen atoms in total. The Labute approximate surface area is 88.8 Å². The summed E-state index contributed by atoms with van der Waals surface area (Å²) in [5.41, 5.74) is 0. The lowest BCUT2D eigenvalue weighted by Gasteiger charge is -2.22. The summed E-state index contributed by atoms with van der Waals surface area (Å²) >= 11 is 0. The molecule has 2 heteroatoms. The molecule has 0 amide bonds. The van der Waals surface area contributed by atoms with E-state index in [4.69, 9.17) is 0 Å². The van der Waals surface area contributed by atoms with E-state index in [0.717, 1.165) is 11.8 Å². The fourth-order valence-electron chi connectivity index (χ4n) is 2.08. The van der Waals surface area contributed by atoms with Crippen LogP contribution in [0.2, 0.25) is 0 Å². The van der Waals surface area contributed by atoms with Crippen LogP contribution in [0, 0.1) is 11.8 Å². The average molecular weight is 198 g/mol. The van der Waals surface area contributed by atoms with Crippen molar-refractivity contribution in [3.63, 3.8) is 0 Å². The molecular formula is C12H26N2. The van der Waals surface area contributed by atoms with Gasteiger partial charge in [0.05, 0.1) is 0 Å². The summed E-state index contributed by atoms with van der Waals surface area (Å²) in [7, 11) is 0. The third-order valence-electron chi connectivity index (χ3n) is 2.92. The molecule has 1 unspecified atom stereocenters. The maximum Gasteiger partial charge on any atom is -0.00205 e. The van der Waals surface area contributed by atoms with Gasteiger partial charge in [-0.2, -0.15) is 0 Å². The predicted molar refractivity (Wildman–Crippen MR) is 62.5 cm³/mol. The summed E-state index contributed by atoms with van der Waals surface area (Å²) in [6.45, 7) is 9.39. The van der Waals surface area contributed by atoms with Crippen LogP contribution in [0.4, 0.5) is 0 Å². The summed E-state index contributed by atoms with van der Waals surface area (Å²) in [5, 5.41) is 6.98. The molecular weight excluding hydrogens is 172 g/mol. The summed E-state index contributed by atoms with van der Waals surface area (Å²) in [5.74, 6) is 1.73. The second-order valence-electron chi connectivity index (χ2n) is 4.95. The van der Waals surface area contributed by atoms with Crippen LogP contribution in [0.3, 0.4) is 0 Å². The number of rotatable bonds is 6. The van der Waals surface area contributed by atoms with Gasteiger partial charge in [-0.25, -0.2) is 0 Å². The molecule has 1 aliphatic rings. The van der Waals surface area contributed by atoms with E-state index in [1.165, 1.54) is 51.9 Å². The molecule has 0 aromatic rings. The Hall–Kier alpha value is -0.0800. The minimum Gasteiger partial charge on any atom is -0.316 e. The maximum atomic E-state index is 3.50. The highest BCUT2D eigenvalue weighted by atomic mass is 14.9. The fourth-order valence-corrected chi connectivity index (χ4v) is 2.08. The van der Waals surface area contributed by atoms with Gasteiger partial charge in [-0.3, -0.25) is 0 Å². The first kappa shape index (κ1) is 12.0. The van der Waals surface area contributed by atoms with Gasteiger partial charge < -0.3 is 10.6 Å². The molecule has 1 rings (SSSR count). The van der Waals surface area contributed by atoms with Crippen molar-refractivity contribution in [3.05, 3.63) is 0 Å². The summed E-state index contributed by atoms with van der Waals surface area (Å²) in [4.78, 5) is 0. The monoisotopic (exact) mass is 198 g/mol. The lowest BCUT2D eigenvalue weighted by Crippen LogP contribution is -2.30. The van der Waals surface area contributed by atoms with Crippen molar-refractivity contribution in [2.24, 2.45) is 11.8 Å². The molecule has 0 aromatic heterocycles. The largest absolute Gasteiger partial charge is 0.316 e. The lowest BCUT2D eigenvalue weighted by molar-refractivity contribution is 0.347. The fraction of sp³-hybridized carbons (Fsp3) is 1.00. The standard InChI is InChI=1S/C12H26N2/c1-11(2)9-13-7-3-5-12-6-4-8-14-10-12/h11-14H,3-10H2,1-2H3. The van der Waals surface area contributed by atoms with E-state index in [1.54, 1.807) is 0 Å². The Balaban J connectivity index is 1.87. The van der Waals surface area contributed by atoms with Crippen molar-refractivity contribution in [3.8, 4) is 0 Å². The van der Waals surface area contributed by atoms with Crippen LogP contribution in [0.15, 0.2) is 0 Å². The summed E-state index contributed by atoms with van der Waals surface area (Å²) in [6, 6.07) is 0. The van der Waals surface area contributed by atoms with Crippen molar-refractivity contribution >= 4 is 0 Å². The third-order valence-corrected chi connectivity index (χ3v) is 2.92. The average Bonchev–Trinajstić information content (AvgIpc) is 2.18. The van der Waals surface area contributed by atoms with Gasteiger partial charge in [0.2, 0.25) is 0 Å². The van der Waals surface area contributed by atoms with E-state index in [2.05, 4.69) is 24.5 Å². The van der Waals surface area contributed by atoms with Crippen LogP contribution in [0.5, 0.6) is 0 Å². The van der Waals surface area contributed by atoms with Crippen molar-refractivity contribution < 1.29 is 0 Å². The summed E-state index contributed by atoms with van der Waals surface area (Å²) in [6.07, 6.45) is 5.57. The molecule has 2 N–H and O–H groups in total. The van der Waals surface area contributed by atoms with Gasteiger partial charge in [0, 0.05) is 0 Å². The van der Waals surface area contributed by atoms with Crippen molar-refractivity contribution in [1.29, 1.82) is 0 Å². The first-order chi connectivity index (χ1) is 6.79. The maximum absolute atomic E-state index is 3.50. The normalized spacial score (nSPS) is 22.9. The minimum absolute atomic E-state index is 0.784. The van der Waals surface area contributed by atoms with Gasteiger partial charge in [-0.1, -0.05) is 13.8 Å². The molecule has 1 aliphatic heterocycles. The van der Waals surface area contributed by atoms with Gasteiger partial charge in [-0.05, 0) is 63.7 Å². The van der Waals surface area contributed by atoms with E-state index < -0.39 is 0 Å². The van der Waals surface area contributed by atoms with Crippen LogP contribution in [-0.4, -0.2) is 26.2 Å². The molecule has 1 fully saturated rings. The van der Waals surface area contributed by atoms with Gasteiger partial charge in [0.25, 0.3) is 0 Å². The zero-order valence-electron chi connectivity index (χ0n) is 9.81. The lowest BCUT2D eigenvalue weighted by atomic mass is 9.95. The van der Waals surface area contributed by atoms with Gasteiger partial charge >= 0.3 is 0 Å². The molecule has 0 aliphatic carbocycles. The third kappa shape index (κ3) is 5.61. The van der Waals surface area contributed by atoms with E-state index in [9.17, 15) is 0 Å². The molecule has 1 saturated heterocycles. The quantitative estimate of drug-likeness (QED) is 0.638. The Kier molecular flexibility index (Phi) is 6.20. The Morgan fingerprint density at radius 2 is 2.29 bits per heavy atom. The van der Waals surface area contributed by atoms with Crippen LogP contribution < -0.4 is 10.6 Å². The molecule has 14 heavy (non-hydrogen) atoms. The van der Waals surface area contributed by atoms with Crippen LogP contribution >= 0.6 is 0 Å². The number of hydrogen-bond donors (Lipinski definition) is 2. The highest BCUT2D eigenvalue weighted by molar-refractivity contribution is 4.69. The molecule has 0 radical (unpaired) electrons. The van der Waals surface area contributed by atoms with Gasteiger partial charge in [-0.15, -0.1) is 0 Å². The number of nitrogens with one attached hydrogen (secondary N) is 2. The van der Waals surface area contributed by atoms with Gasteiger partial charge in [0.15, 0.2) is 0 Å². The smallest absolute Gasteiger partial charge is 0.00205 e. The predicted octanol–water partition coefficient (Wildman–Crippen LogP) is 2.01. The topological polar surface area (TPSA) is 24.1 Å². The summed E-state index contributed by atoms with van der Waals surface area (Å²) < 4.78 is 0. The molecule has 0 spiro atoms. The Morgan fingerprint density at radius 1 is 1.43 bits per heavy atom. The van der Waals surface area contributed by atoms with Crippen molar-refractivity contribution in [2.45, 2.75) is 39.5 Å². The molecule has 0 bridgehead atoms. The van der Waals surface area contributed by atoms with Crippen LogP contribution in [-0.2, 0) is 0 Å². The highest BCUT2D eigenvalue weighted by Crippen LogP contribution is 2.15. The molecule has 0 aromatic carbocycles. The minimum atomic E-state index is 0.784. The Morgan fingerprint density at radius 3 is 2.93 bits per heavy atom. The number of hydrogen-bond acceptors (Lipinski definition) is 2. The van der Waals surface area contributed by atoms with E-state index in [1.807, 2.05) is 0 Å². The molecule has 84 valence electrons. The molecule has 1 heterocycles. The van der Waals surface area contributed by atoms with Gasteiger partial charge in [0.1, 0.15) is 0 Å². The highest BCUT2D eigenvalue weighted by Gasteiger charge is 2.11. The van der Waals surface area contributed by atoms with E-state index in [0.29, 0.717) is 0 Å². The second-order valence-corrected chi connectivity index (χ2v) is 4.95. The van der Waals surface area contributed by atoms with Crippen LogP contribution in [0.25, 0.3) is 0 Å². The second kappa shape index (κ2) is 7.24. The molecule has 1 atom stereocenters. The van der Waals surface area contributed by atoms with E-state index in [-0.39, 0.29) is 0 Å². The zero-order valence-corrected chi connectivity index (χ0v) is 9.81. The SMILES string of the molecule is CC(C)CNCCCC1CCCNC1. The van der Waals surface area contributed by atoms with Crippen LogP contribution in [0.1, 0.15) is 39.5 Å². The van der Waals surface area contributed by atoms with E-state index >= 15 is 0 Å². The Bertz CT molecular complexity index is 128. The zero-order chi connectivity index (χ0) is 10.2. The first-order valence-corrected chi connectivity index (χ1v) is 6.20. The van der Waals surface area contributed by atoms with Crippen molar-refractivity contribution in [2.75, 3.05) is 26.2 Å².